The molecule has 0 aliphatic carbocycles. The van der Waals surface area contributed by atoms with Gasteiger partial charge in [-0.2, -0.15) is 15.0 Å². The van der Waals surface area contributed by atoms with E-state index in [2.05, 4.69) is 32.5 Å². The number of aromatic nitrogens is 3. The normalized spacial score (nSPS) is 22.6. The SMILES string of the molecule is CNc1nc(NC2(C)CCOC2)nc(OC(C)C)n1. The monoisotopic (exact) mass is 267 g/mol. The summed E-state index contributed by atoms with van der Waals surface area (Å²) >= 11 is 0. The summed E-state index contributed by atoms with van der Waals surface area (Å²) in [6.07, 6.45) is 0.943. The molecule has 1 aliphatic heterocycles. The van der Waals surface area contributed by atoms with Gasteiger partial charge in [0.05, 0.1) is 18.2 Å². The lowest BCUT2D eigenvalue weighted by atomic mass is 10.0. The van der Waals surface area contributed by atoms with E-state index in [9.17, 15) is 0 Å². The third kappa shape index (κ3) is 3.66. The second-order valence-corrected chi connectivity index (χ2v) is 5.17. The van der Waals surface area contributed by atoms with Gasteiger partial charge in [0.2, 0.25) is 11.9 Å². The summed E-state index contributed by atoms with van der Waals surface area (Å²) in [5, 5.41) is 6.20. The molecule has 1 unspecified atom stereocenters. The minimum atomic E-state index is -0.137. The molecule has 0 bridgehead atoms. The molecule has 0 amide bonds. The van der Waals surface area contributed by atoms with E-state index in [0.29, 0.717) is 24.5 Å². The van der Waals surface area contributed by atoms with Crippen LogP contribution in [-0.4, -0.2) is 46.9 Å². The smallest absolute Gasteiger partial charge is 0.323 e. The first-order chi connectivity index (χ1) is 9.00. The van der Waals surface area contributed by atoms with Gasteiger partial charge in [-0.25, -0.2) is 0 Å². The molecule has 19 heavy (non-hydrogen) atoms. The third-order valence-electron chi connectivity index (χ3n) is 2.81. The number of hydrogen-bond acceptors (Lipinski definition) is 7. The zero-order valence-corrected chi connectivity index (χ0v) is 11.9. The van der Waals surface area contributed by atoms with Crippen LogP contribution in [0.15, 0.2) is 0 Å². The first-order valence-electron chi connectivity index (χ1n) is 6.47. The van der Waals surface area contributed by atoms with Gasteiger partial charge in [0.15, 0.2) is 0 Å². The molecule has 1 aromatic rings. The summed E-state index contributed by atoms with van der Waals surface area (Å²) in [7, 11) is 1.76. The molecule has 0 spiro atoms. The Bertz CT molecular complexity index is 432. The highest BCUT2D eigenvalue weighted by Crippen LogP contribution is 2.23. The van der Waals surface area contributed by atoms with Gasteiger partial charge in [0.1, 0.15) is 0 Å². The van der Waals surface area contributed by atoms with Crippen molar-refractivity contribution in [2.24, 2.45) is 0 Å². The molecule has 0 radical (unpaired) electrons. The first kappa shape index (κ1) is 13.8. The molecule has 0 aromatic carbocycles. The van der Waals surface area contributed by atoms with E-state index in [4.69, 9.17) is 9.47 Å². The van der Waals surface area contributed by atoms with Crippen LogP contribution < -0.4 is 15.4 Å². The van der Waals surface area contributed by atoms with Gasteiger partial charge in [-0.05, 0) is 27.2 Å². The van der Waals surface area contributed by atoms with Crippen LogP contribution in [0.1, 0.15) is 27.2 Å². The number of nitrogens with zero attached hydrogens (tertiary/aromatic N) is 3. The maximum atomic E-state index is 5.52. The maximum Gasteiger partial charge on any atom is 0.323 e. The Labute approximate surface area is 113 Å². The summed E-state index contributed by atoms with van der Waals surface area (Å²) in [5.41, 5.74) is -0.137. The summed E-state index contributed by atoms with van der Waals surface area (Å²) in [5.74, 6) is 0.985. The van der Waals surface area contributed by atoms with Crippen molar-refractivity contribution >= 4 is 11.9 Å². The molecular weight excluding hydrogens is 246 g/mol. The number of hydrogen-bond donors (Lipinski definition) is 2. The van der Waals surface area contributed by atoms with E-state index in [1.165, 1.54) is 0 Å². The summed E-state index contributed by atoms with van der Waals surface area (Å²) in [6.45, 7) is 7.35. The van der Waals surface area contributed by atoms with Crippen molar-refractivity contribution < 1.29 is 9.47 Å². The Balaban J connectivity index is 2.18. The van der Waals surface area contributed by atoms with Crippen LogP contribution >= 0.6 is 0 Å². The van der Waals surface area contributed by atoms with Crippen LogP contribution in [0, 0.1) is 0 Å². The molecule has 1 atom stereocenters. The molecule has 1 aromatic heterocycles. The van der Waals surface area contributed by atoms with Gasteiger partial charge in [0.25, 0.3) is 0 Å². The lowest BCUT2D eigenvalue weighted by Crippen LogP contribution is -2.36. The van der Waals surface area contributed by atoms with E-state index in [0.717, 1.165) is 13.0 Å². The van der Waals surface area contributed by atoms with E-state index in [1.54, 1.807) is 7.05 Å². The number of ether oxygens (including phenoxy) is 2. The van der Waals surface area contributed by atoms with Gasteiger partial charge in [-0.3, -0.25) is 0 Å². The van der Waals surface area contributed by atoms with E-state index < -0.39 is 0 Å². The van der Waals surface area contributed by atoms with E-state index in [1.807, 2.05) is 13.8 Å². The van der Waals surface area contributed by atoms with E-state index in [-0.39, 0.29) is 11.6 Å². The van der Waals surface area contributed by atoms with Crippen molar-refractivity contribution in [1.82, 2.24) is 15.0 Å². The van der Waals surface area contributed by atoms with Gasteiger partial charge < -0.3 is 20.1 Å². The van der Waals surface area contributed by atoms with Crippen molar-refractivity contribution in [2.75, 3.05) is 30.9 Å². The Morgan fingerprint density at radius 3 is 2.58 bits per heavy atom. The molecule has 2 N–H and O–H groups in total. The van der Waals surface area contributed by atoms with Crippen molar-refractivity contribution in [1.29, 1.82) is 0 Å². The first-order valence-corrected chi connectivity index (χ1v) is 6.47. The Morgan fingerprint density at radius 2 is 2.00 bits per heavy atom. The van der Waals surface area contributed by atoms with Gasteiger partial charge in [0, 0.05) is 13.7 Å². The highest BCUT2D eigenvalue weighted by molar-refractivity contribution is 5.37. The number of rotatable bonds is 5. The highest BCUT2D eigenvalue weighted by Gasteiger charge is 2.30. The molecule has 106 valence electrons. The molecule has 1 saturated heterocycles. The predicted octanol–water partition coefficient (Wildman–Crippen LogP) is 1.29. The van der Waals surface area contributed by atoms with Gasteiger partial charge in [-0.1, -0.05) is 0 Å². The predicted molar refractivity (Wildman–Crippen MR) is 72.6 cm³/mol. The molecule has 2 heterocycles. The Morgan fingerprint density at radius 1 is 1.26 bits per heavy atom. The zero-order valence-electron chi connectivity index (χ0n) is 11.9. The molecule has 7 nitrogen and oxygen atoms in total. The molecule has 0 saturated carbocycles. The summed E-state index contributed by atoms with van der Waals surface area (Å²) in [4.78, 5) is 12.7. The summed E-state index contributed by atoms with van der Waals surface area (Å²) in [6, 6.07) is 0.319. The fraction of sp³-hybridized carbons (Fsp3) is 0.750. The van der Waals surface area contributed by atoms with Crippen molar-refractivity contribution in [3.63, 3.8) is 0 Å². The molecule has 7 heteroatoms. The zero-order chi connectivity index (χ0) is 13.9. The van der Waals surface area contributed by atoms with Crippen LogP contribution in [0.3, 0.4) is 0 Å². The van der Waals surface area contributed by atoms with Crippen molar-refractivity contribution in [3.05, 3.63) is 0 Å². The molecule has 1 aliphatic rings. The van der Waals surface area contributed by atoms with E-state index >= 15 is 0 Å². The number of nitrogens with one attached hydrogen (secondary N) is 2. The van der Waals surface area contributed by atoms with Crippen LogP contribution in [-0.2, 0) is 4.74 Å². The lowest BCUT2D eigenvalue weighted by Gasteiger charge is -2.23. The number of anilines is 2. The molecule has 1 fully saturated rings. The lowest BCUT2D eigenvalue weighted by molar-refractivity contribution is 0.185. The fourth-order valence-corrected chi connectivity index (χ4v) is 1.82. The third-order valence-corrected chi connectivity index (χ3v) is 2.81. The largest absolute Gasteiger partial charge is 0.461 e. The van der Waals surface area contributed by atoms with Crippen LogP contribution in [0.25, 0.3) is 0 Å². The van der Waals surface area contributed by atoms with Gasteiger partial charge in [-0.15, -0.1) is 0 Å². The summed E-state index contributed by atoms with van der Waals surface area (Å²) < 4.78 is 10.9. The molecule has 2 rings (SSSR count). The topological polar surface area (TPSA) is 81.2 Å². The second-order valence-electron chi connectivity index (χ2n) is 5.17. The average Bonchev–Trinajstić information content (AvgIpc) is 2.74. The second kappa shape index (κ2) is 5.56. The fourth-order valence-electron chi connectivity index (χ4n) is 1.82. The Kier molecular flexibility index (Phi) is 4.04. The quantitative estimate of drug-likeness (QED) is 0.832. The minimum absolute atomic E-state index is 0.0188. The van der Waals surface area contributed by atoms with Crippen LogP contribution in [0.5, 0.6) is 6.01 Å². The standard InChI is InChI=1S/C12H21N5O2/c1-8(2)19-11-15-9(13-4)14-10(16-11)17-12(3)5-6-18-7-12/h8H,5-7H2,1-4H3,(H2,13,14,15,16,17). The Hall–Kier alpha value is -1.63. The van der Waals surface area contributed by atoms with Crippen molar-refractivity contribution in [2.45, 2.75) is 38.8 Å². The van der Waals surface area contributed by atoms with Crippen LogP contribution in [0.2, 0.25) is 0 Å². The highest BCUT2D eigenvalue weighted by atomic mass is 16.5. The maximum absolute atomic E-state index is 5.52. The molecular formula is C12H21N5O2. The van der Waals surface area contributed by atoms with Crippen LogP contribution in [0.4, 0.5) is 11.9 Å². The van der Waals surface area contributed by atoms with Gasteiger partial charge >= 0.3 is 6.01 Å². The van der Waals surface area contributed by atoms with Crippen molar-refractivity contribution in [3.8, 4) is 6.01 Å². The minimum Gasteiger partial charge on any atom is -0.461 e. The average molecular weight is 267 g/mol.